The van der Waals surface area contributed by atoms with Gasteiger partial charge in [-0.1, -0.05) is 25.4 Å². The number of esters is 1. The minimum Gasteiger partial charge on any atom is -0.454 e. The molecule has 2 aromatic rings. The molecule has 0 saturated heterocycles. The number of Topliss-reactive ketones (excluding diaryl/α,β-unsaturated/α-hetero) is 1. The third-order valence-corrected chi connectivity index (χ3v) is 7.29. The van der Waals surface area contributed by atoms with E-state index in [-0.39, 0.29) is 21.3 Å². The standard InChI is InChI=1S/C20H25ClN2O5S/c1-6-23(7-2)29(26,27)15-8-9-18(21)17(11-15)20(25)28-12-19(24)16-10-13(3)22(5)14(16)4/h8-11H,6-7,12H2,1-5H3. The molecule has 0 unspecified atom stereocenters. The van der Waals surface area contributed by atoms with Crippen LogP contribution in [0.25, 0.3) is 0 Å². The summed E-state index contributed by atoms with van der Waals surface area (Å²) in [5, 5.41) is 0.0488. The lowest BCUT2D eigenvalue weighted by atomic mass is 10.1. The van der Waals surface area contributed by atoms with E-state index in [0.717, 1.165) is 11.4 Å². The van der Waals surface area contributed by atoms with Gasteiger partial charge >= 0.3 is 5.97 Å². The Morgan fingerprint density at radius 2 is 1.72 bits per heavy atom. The van der Waals surface area contributed by atoms with Gasteiger partial charge in [-0.25, -0.2) is 13.2 Å². The molecule has 158 valence electrons. The predicted molar refractivity (Wildman–Crippen MR) is 111 cm³/mol. The second kappa shape index (κ2) is 9.11. The number of benzene rings is 1. The van der Waals surface area contributed by atoms with Gasteiger partial charge in [-0.15, -0.1) is 0 Å². The summed E-state index contributed by atoms with van der Waals surface area (Å²) in [6.45, 7) is 7.26. The lowest BCUT2D eigenvalue weighted by Crippen LogP contribution is -2.30. The van der Waals surface area contributed by atoms with Crippen molar-refractivity contribution in [2.24, 2.45) is 7.05 Å². The first-order valence-electron chi connectivity index (χ1n) is 9.17. The predicted octanol–water partition coefficient (Wildman–Crippen LogP) is 3.37. The van der Waals surface area contributed by atoms with E-state index in [2.05, 4.69) is 0 Å². The summed E-state index contributed by atoms with van der Waals surface area (Å²) in [5.74, 6) is -1.20. The zero-order valence-electron chi connectivity index (χ0n) is 17.2. The summed E-state index contributed by atoms with van der Waals surface area (Å²) in [6.07, 6.45) is 0. The number of nitrogens with zero attached hydrogens (tertiary/aromatic N) is 2. The molecule has 1 heterocycles. The van der Waals surface area contributed by atoms with E-state index >= 15 is 0 Å². The molecule has 0 fully saturated rings. The van der Waals surface area contributed by atoms with Crippen molar-refractivity contribution >= 4 is 33.4 Å². The van der Waals surface area contributed by atoms with Gasteiger partial charge in [0.25, 0.3) is 0 Å². The number of hydrogen-bond acceptors (Lipinski definition) is 5. The number of hydrogen-bond donors (Lipinski definition) is 0. The number of aromatic nitrogens is 1. The van der Waals surface area contributed by atoms with E-state index < -0.39 is 22.6 Å². The Hall–Kier alpha value is -2.16. The molecule has 0 aliphatic heterocycles. The molecule has 0 bridgehead atoms. The molecule has 1 aromatic heterocycles. The molecule has 0 radical (unpaired) electrons. The van der Waals surface area contributed by atoms with Crippen molar-refractivity contribution in [2.45, 2.75) is 32.6 Å². The normalized spacial score (nSPS) is 11.7. The molecule has 0 aliphatic rings. The van der Waals surface area contributed by atoms with Crippen molar-refractivity contribution in [1.82, 2.24) is 8.87 Å². The van der Waals surface area contributed by atoms with Gasteiger partial charge < -0.3 is 9.30 Å². The molecule has 0 amide bonds. The zero-order chi connectivity index (χ0) is 21.9. The van der Waals surface area contributed by atoms with Crippen LogP contribution in [0.5, 0.6) is 0 Å². The Morgan fingerprint density at radius 1 is 1.10 bits per heavy atom. The number of halogens is 1. The van der Waals surface area contributed by atoms with E-state index in [1.165, 1.54) is 22.5 Å². The Labute approximate surface area is 176 Å². The van der Waals surface area contributed by atoms with Crippen LogP contribution in [-0.2, 0) is 21.8 Å². The van der Waals surface area contributed by atoms with Crippen LogP contribution in [0.15, 0.2) is 29.2 Å². The second-order valence-electron chi connectivity index (χ2n) is 6.57. The number of rotatable bonds is 8. The molecule has 7 nitrogen and oxygen atoms in total. The third-order valence-electron chi connectivity index (χ3n) is 4.91. The minimum absolute atomic E-state index is 0.0488. The maximum Gasteiger partial charge on any atom is 0.340 e. The summed E-state index contributed by atoms with van der Waals surface area (Å²) in [5.41, 5.74) is 2.05. The molecule has 2 rings (SSSR count). The van der Waals surface area contributed by atoms with Gasteiger partial charge in [0.1, 0.15) is 0 Å². The van der Waals surface area contributed by atoms with Gasteiger partial charge in [0, 0.05) is 37.1 Å². The number of sulfonamides is 1. The van der Waals surface area contributed by atoms with Crippen LogP contribution in [0.1, 0.15) is 46.0 Å². The molecule has 1 aromatic carbocycles. The molecule has 0 atom stereocenters. The molecule has 0 N–H and O–H groups in total. The molecule has 9 heteroatoms. The van der Waals surface area contributed by atoms with Crippen LogP contribution >= 0.6 is 11.6 Å². The maximum atomic E-state index is 12.7. The molecule has 0 aliphatic carbocycles. The fourth-order valence-corrected chi connectivity index (χ4v) is 4.64. The summed E-state index contributed by atoms with van der Waals surface area (Å²) >= 11 is 6.07. The van der Waals surface area contributed by atoms with Gasteiger partial charge in [0.2, 0.25) is 15.8 Å². The first-order valence-corrected chi connectivity index (χ1v) is 11.0. The monoisotopic (exact) mass is 440 g/mol. The van der Waals surface area contributed by atoms with Crippen LogP contribution in [0.2, 0.25) is 5.02 Å². The van der Waals surface area contributed by atoms with E-state index in [0.29, 0.717) is 18.7 Å². The van der Waals surface area contributed by atoms with Crippen molar-refractivity contribution in [3.8, 4) is 0 Å². The molecule has 0 spiro atoms. The summed E-state index contributed by atoms with van der Waals surface area (Å²) in [4.78, 5) is 24.8. The highest BCUT2D eigenvalue weighted by Crippen LogP contribution is 2.24. The Bertz CT molecular complexity index is 1040. The lowest BCUT2D eigenvalue weighted by Gasteiger charge is -2.19. The average molecular weight is 441 g/mol. The number of ether oxygens (including phenoxy) is 1. The molecular formula is C20H25ClN2O5S. The number of carbonyl (C=O) groups is 2. The van der Waals surface area contributed by atoms with Crippen molar-refractivity contribution in [3.05, 3.63) is 51.8 Å². The Balaban J connectivity index is 2.23. The van der Waals surface area contributed by atoms with Crippen LogP contribution in [0, 0.1) is 13.8 Å². The SMILES string of the molecule is CCN(CC)S(=O)(=O)c1ccc(Cl)c(C(=O)OCC(=O)c2cc(C)n(C)c2C)c1. The maximum absolute atomic E-state index is 12.7. The van der Waals surface area contributed by atoms with Gasteiger partial charge in [-0.05, 0) is 38.1 Å². The highest BCUT2D eigenvalue weighted by atomic mass is 35.5. The van der Waals surface area contributed by atoms with Gasteiger partial charge in [0.15, 0.2) is 6.61 Å². The lowest BCUT2D eigenvalue weighted by molar-refractivity contribution is 0.0474. The zero-order valence-corrected chi connectivity index (χ0v) is 18.7. The summed E-state index contributed by atoms with van der Waals surface area (Å²) < 4.78 is 33.6. The fraction of sp³-hybridized carbons (Fsp3) is 0.400. The van der Waals surface area contributed by atoms with Crippen molar-refractivity contribution in [2.75, 3.05) is 19.7 Å². The molecular weight excluding hydrogens is 416 g/mol. The Kier molecular flexibility index (Phi) is 7.26. The summed E-state index contributed by atoms with van der Waals surface area (Å²) in [7, 11) is -1.92. The quantitative estimate of drug-likeness (QED) is 0.464. The van der Waals surface area contributed by atoms with E-state index in [1.807, 2.05) is 18.5 Å². The highest BCUT2D eigenvalue weighted by Gasteiger charge is 2.25. The van der Waals surface area contributed by atoms with Crippen molar-refractivity contribution < 1.29 is 22.7 Å². The highest BCUT2D eigenvalue weighted by molar-refractivity contribution is 7.89. The number of carbonyl (C=O) groups excluding carboxylic acids is 2. The Morgan fingerprint density at radius 3 is 2.24 bits per heavy atom. The van der Waals surface area contributed by atoms with E-state index in [4.69, 9.17) is 16.3 Å². The largest absolute Gasteiger partial charge is 0.454 e. The number of aryl methyl sites for hydroxylation is 1. The van der Waals surface area contributed by atoms with Crippen molar-refractivity contribution in [1.29, 1.82) is 0 Å². The minimum atomic E-state index is -3.76. The first kappa shape index (κ1) is 23.1. The van der Waals surface area contributed by atoms with Gasteiger partial charge in [-0.3, -0.25) is 4.79 Å². The number of ketones is 1. The fourth-order valence-electron chi connectivity index (χ4n) is 2.96. The first-order chi connectivity index (χ1) is 13.5. The van der Waals surface area contributed by atoms with E-state index in [1.54, 1.807) is 26.8 Å². The van der Waals surface area contributed by atoms with Gasteiger partial charge in [-0.2, -0.15) is 4.31 Å². The van der Waals surface area contributed by atoms with Gasteiger partial charge in [0.05, 0.1) is 15.5 Å². The second-order valence-corrected chi connectivity index (χ2v) is 8.92. The summed E-state index contributed by atoms with van der Waals surface area (Å²) in [6, 6.07) is 5.59. The topological polar surface area (TPSA) is 85.7 Å². The molecule has 0 saturated carbocycles. The van der Waals surface area contributed by atoms with Crippen LogP contribution < -0.4 is 0 Å². The van der Waals surface area contributed by atoms with Crippen LogP contribution in [-0.4, -0.2) is 48.7 Å². The van der Waals surface area contributed by atoms with E-state index in [9.17, 15) is 18.0 Å². The smallest absolute Gasteiger partial charge is 0.340 e. The third kappa shape index (κ3) is 4.71. The van der Waals surface area contributed by atoms with Crippen LogP contribution in [0.3, 0.4) is 0 Å². The van der Waals surface area contributed by atoms with Crippen LogP contribution in [0.4, 0.5) is 0 Å². The average Bonchev–Trinajstić information content (AvgIpc) is 2.94. The molecule has 29 heavy (non-hydrogen) atoms. The van der Waals surface area contributed by atoms with Crippen molar-refractivity contribution in [3.63, 3.8) is 0 Å².